The third kappa shape index (κ3) is 3.20. The number of methoxy groups -OCH3 is 1. The second kappa shape index (κ2) is 6.15. The van der Waals surface area contributed by atoms with Gasteiger partial charge in [-0.3, -0.25) is 14.8 Å². The zero-order valence-electron chi connectivity index (χ0n) is 9.72. The van der Waals surface area contributed by atoms with Gasteiger partial charge in [0.2, 0.25) is 0 Å². The summed E-state index contributed by atoms with van der Waals surface area (Å²) in [5.74, 6) is 0.473. The molecule has 0 aliphatic rings. The van der Waals surface area contributed by atoms with E-state index in [0.717, 1.165) is 20.4 Å². The molecule has 0 fully saturated rings. The van der Waals surface area contributed by atoms with Crippen molar-refractivity contribution >= 4 is 44.7 Å². The topological polar surface area (TPSA) is 52.1 Å². The molecule has 0 aliphatic heterocycles. The summed E-state index contributed by atoms with van der Waals surface area (Å²) < 4.78 is 5.51. The number of aromatic nitrogens is 2. The first-order chi connectivity index (χ1) is 8.70. The van der Waals surface area contributed by atoms with Gasteiger partial charge in [-0.15, -0.1) is 11.8 Å². The Hall–Kier alpha value is -1.14. The fraction of sp³-hybridized carbons (Fsp3) is 0.250. The fourth-order valence-electron chi connectivity index (χ4n) is 1.44. The van der Waals surface area contributed by atoms with Gasteiger partial charge in [0.25, 0.3) is 0 Å². The van der Waals surface area contributed by atoms with Crippen molar-refractivity contribution in [3.63, 3.8) is 0 Å². The molecule has 0 radical (unpaired) electrons. The standard InChI is InChI=1S/C12H11BrN2O2S/c1-17-11(16)3-5-18-10-2-4-14-9-6-8(13)7-15-12(9)10/h2,4,6-7H,3,5H2,1H3. The summed E-state index contributed by atoms with van der Waals surface area (Å²) in [5.41, 5.74) is 1.70. The molecule has 0 aromatic carbocycles. The van der Waals surface area contributed by atoms with Gasteiger partial charge in [0.15, 0.2) is 0 Å². The Kier molecular flexibility index (Phi) is 4.54. The molecule has 94 valence electrons. The van der Waals surface area contributed by atoms with Gasteiger partial charge in [-0.05, 0) is 28.1 Å². The predicted molar refractivity (Wildman–Crippen MR) is 74.6 cm³/mol. The zero-order valence-corrected chi connectivity index (χ0v) is 12.1. The number of hydrogen-bond acceptors (Lipinski definition) is 5. The van der Waals surface area contributed by atoms with E-state index < -0.39 is 0 Å². The van der Waals surface area contributed by atoms with E-state index in [1.807, 2.05) is 12.1 Å². The van der Waals surface area contributed by atoms with E-state index in [1.165, 1.54) is 7.11 Å². The minimum Gasteiger partial charge on any atom is -0.469 e. The molecule has 0 spiro atoms. The van der Waals surface area contributed by atoms with Gasteiger partial charge in [0.1, 0.15) is 5.52 Å². The number of rotatable bonds is 4. The molecule has 2 rings (SSSR count). The molecule has 0 N–H and O–H groups in total. The van der Waals surface area contributed by atoms with Crippen molar-refractivity contribution in [3.8, 4) is 0 Å². The summed E-state index contributed by atoms with van der Waals surface area (Å²) in [7, 11) is 1.40. The van der Waals surface area contributed by atoms with Crippen LogP contribution in [0, 0.1) is 0 Å². The molecule has 6 heteroatoms. The van der Waals surface area contributed by atoms with Crippen LogP contribution in [-0.4, -0.2) is 28.8 Å². The van der Waals surface area contributed by atoms with Crippen LogP contribution in [0.15, 0.2) is 33.9 Å². The Morgan fingerprint density at radius 1 is 1.50 bits per heavy atom. The van der Waals surface area contributed by atoms with E-state index >= 15 is 0 Å². The first-order valence-electron chi connectivity index (χ1n) is 5.30. The van der Waals surface area contributed by atoms with Crippen molar-refractivity contribution < 1.29 is 9.53 Å². The highest BCUT2D eigenvalue weighted by Crippen LogP contribution is 2.26. The molecule has 2 aromatic heterocycles. The number of carbonyl (C=O) groups is 1. The van der Waals surface area contributed by atoms with Crippen LogP contribution in [0.1, 0.15) is 6.42 Å². The second-order valence-corrected chi connectivity index (χ2v) is 5.56. The smallest absolute Gasteiger partial charge is 0.306 e. The monoisotopic (exact) mass is 326 g/mol. The summed E-state index contributed by atoms with van der Waals surface area (Å²) in [6, 6.07) is 3.83. The molecule has 18 heavy (non-hydrogen) atoms. The van der Waals surface area contributed by atoms with Crippen molar-refractivity contribution in [1.82, 2.24) is 9.97 Å². The van der Waals surface area contributed by atoms with Crippen LogP contribution in [0.4, 0.5) is 0 Å². The van der Waals surface area contributed by atoms with Crippen molar-refractivity contribution in [1.29, 1.82) is 0 Å². The molecule has 0 unspecified atom stereocenters. The molecular weight excluding hydrogens is 316 g/mol. The summed E-state index contributed by atoms with van der Waals surface area (Å²) in [6.07, 6.45) is 3.88. The van der Waals surface area contributed by atoms with E-state index in [4.69, 9.17) is 0 Å². The lowest BCUT2D eigenvalue weighted by atomic mass is 10.3. The molecule has 0 bridgehead atoms. The van der Waals surface area contributed by atoms with Crippen LogP contribution in [0.5, 0.6) is 0 Å². The number of hydrogen-bond donors (Lipinski definition) is 0. The van der Waals surface area contributed by atoms with Gasteiger partial charge in [0.05, 0.1) is 19.0 Å². The molecule has 2 aromatic rings. The maximum Gasteiger partial charge on any atom is 0.306 e. The number of thioether (sulfide) groups is 1. The van der Waals surface area contributed by atoms with E-state index in [0.29, 0.717) is 12.2 Å². The molecule has 0 saturated carbocycles. The van der Waals surface area contributed by atoms with Crippen LogP contribution in [0.25, 0.3) is 11.0 Å². The Bertz CT molecular complexity index is 577. The normalized spacial score (nSPS) is 10.6. The number of ether oxygens (including phenoxy) is 1. The van der Waals surface area contributed by atoms with Gasteiger partial charge in [-0.25, -0.2) is 0 Å². The molecule has 4 nitrogen and oxygen atoms in total. The van der Waals surface area contributed by atoms with Crippen molar-refractivity contribution in [3.05, 3.63) is 29.0 Å². The molecular formula is C12H11BrN2O2S. The summed E-state index contributed by atoms with van der Waals surface area (Å²) in [6.45, 7) is 0. The summed E-state index contributed by atoms with van der Waals surface area (Å²) in [5, 5.41) is 0. The third-order valence-corrected chi connectivity index (χ3v) is 3.78. The average Bonchev–Trinajstić information content (AvgIpc) is 2.38. The molecule has 0 saturated heterocycles. The number of carbonyl (C=O) groups excluding carboxylic acids is 1. The number of pyridine rings is 2. The molecule has 0 atom stereocenters. The van der Waals surface area contributed by atoms with Crippen LogP contribution in [-0.2, 0) is 9.53 Å². The zero-order chi connectivity index (χ0) is 13.0. The van der Waals surface area contributed by atoms with Crippen LogP contribution >= 0.6 is 27.7 Å². The Balaban J connectivity index is 2.15. The maximum absolute atomic E-state index is 11.0. The van der Waals surface area contributed by atoms with E-state index in [1.54, 1.807) is 24.2 Å². The highest BCUT2D eigenvalue weighted by atomic mass is 79.9. The van der Waals surface area contributed by atoms with E-state index in [2.05, 4.69) is 30.6 Å². The average molecular weight is 327 g/mol. The van der Waals surface area contributed by atoms with Gasteiger partial charge in [-0.1, -0.05) is 0 Å². The van der Waals surface area contributed by atoms with Gasteiger partial charge in [-0.2, -0.15) is 0 Å². The van der Waals surface area contributed by atoms with Gasteiger partial charge in [0, 0.05) is 27.5 Å². The lowest BCUT2D eigenvalue weighted by molar-refractivity contribution is -0.140. The number of nitrogens with zero attached hydrogens (tertiary/aromatic N) is 2. The minimum absolute atomic E-state index is 0.198. The van der Waals surface area contributed by atoms with Crippen molar-refractivity contribution in [2.24, 2.45) is 0 Å². The van der Waals surface area contributed by atoms with Gasteiger partial charge < -0.3 is 4.74 Å². The number of halogens is 1. The highest BCUT2D eigenvalue weighted by Gasteiger charge is 2.06. The SMILES string of the molecule is COC(=O)CCSc1ccnc2cc(Br)cnc12. The Morgan fingerprint density at radius 2 is 2.33 bits per heavy atom. The van der Waals surface area contributed by atoms with Crippen molar-refractivity contribution in [2.45, 2.75) is 11.3 Å². The Morgan fingerprint density at radius 3 is 3.11 bits per heavy atom. The summed E-state index contributed by atoms with van der Waals surface area (Å²) in [4.78, 5) is 20.7. The van der Waals surface area contributed by atoms with Crippen LogP contribution in [0.2, 0.25) is 0 Å². The second-order valence-electron chi connectivity index (χ2n) is 3.50. The molecule has 0 amide bonds. The number of fused-ring (bicyclic) bond motifs is 1. The first-order valence-corrected chi connectivity index (χ1v) is 7.08. The van der Waals surface area contributed by atoms with E-state index in [-0.39, 0.29) is 5.97 Å². The first kappa shape index (κ1) is 13.3. The molecule has 0 aliphatic carbocycles. The fourth-order valence-corrected chi connectivity index (χ4v) is 2.70. The minimum atomic E-state index is -0.198. The van der Waals surface area contributed by atoms with E-state index in [9.17, 15) is 4.79 Å². The molecule has 2 heterocycles. The predicted octanol–water partition coefficient (Wildman–Crippen LogP) is 3.05. The summed E-state index contributed by atoms with van der Waals surface area (Å²) >= 11 is 4.95. The van der Waals surface area contributed by atoms with Crippen LogP contribution < -0.4 is 0 Å². The Labute approximate surface area is 117 Å². The lowest BCUT2D eigenvalue weighted by Gasteiger charge is -2.04. The maximum atomic E-state index is 11.0. The van der Waals surface area contributed by atoms with Gasteiger partial charge >= 0.3 is 5.97 Å². The van der Waals surface area contributed by atoms with Crippen LogP contribution in [0.3, 0.4) is 0 Å². The highest BCUT2D eigenvalue weighted by molar-refractivity contribution is 9.10. The third-order valence-electron chi connectivity index (χ3n) is 2.30. The lowest BCUT2D eigenvalue weighted by Crippen LogP contribution is -2.01. The van der Waals surface area contributed by atoms with Crippen molar-refractivity contribution in [2.75, 3.05) is 12.9 Å². The quantitative estimate of drug-likeness (QED) is 0.638. The largest absolute Gasteiger partial charge is 0.469 e. The number of esters is 1.